The quantitative estimate of drug-likeness (QED) is 0.343. The highest BCUT2D eigenvalue weighted by Crippen LogP contribution is 2.27. The van der Waals surface area contributed by atoms with Crippen molar-refractivity contribution in [3.05, 3.63) is 64.7 Å². The van der Waals surface area contributed by atoms with Gasteiger partial charge in [0.1, 0.15) is 30.0 Å². The first kappa shape index (κ1) is 32.2. The molecule has 2 rings (SSSR count). The van der Waals surface area contributed by atoms with Crippen LogP contribution in [0.4, 0.5) is 4.79 Å². The molecule has 0 spiro atoms. The van der Waals surface area contributed by atoms with Crippen LogP contribution in [0.25, 0.3) is 0 Å². The molecule has 0 saturated heterocycles. The highest BCUT2D eigenvalue weighted by molar-refractivity contribution is 5.92. The van der Waals surface area contributed by atoms with Gasteiger partial charge in [0, 0.05) is 12.5 Å². The molecule has 40 heavy (non-hydrogen) atoms. The predicted molar refractivity (Wildman–Crippen MR) is 153 cm³/mol. The standard InChI is InChI=1S/C31H42N4O5/c1-8-9-22(4)33-28(37)27(25-18-20(2)10-11-21(25)3)35(17-16-32)29(38)26(34-30(39)40-31(5,6)7)19-23-12-14-24(36)15-13-23/h10-15,18,22,26-27,36H,8-9,17,19H2,1-7H3,(H,33,37)(H,34,39). The van der Waals surface area contributed by atoms with Crippen molar-refractivity contribution in [1.82, 2.24) is 15.5 Å². The van der Waals surface area contributed by atoms with Crippen molar-refractivity contribution in [3.63, 3.8) is 0 Å². The fraction of sp³-hybridized carbons (Fsp3) is 0.484. The van der Waals surface area contributed by atoms with Crippen molar-refractivity contribution in [1.29, 1.82) is 5.26 Å². The van der Waals surface area contributed by atoms with Crippen LogP contribution >= 0.6 is 0 Å². The van der Waals surface area contributed by atoms with Gasteiger partial charge in [-0.3, -0.25) is 9.59 Å². The Bertz CT molecular complexity index is 1210. The lowest BCUT2D eigenvalue weighted by Crippen LogP contribution is -2.54. The SMILES string of the molecule is CCCC(C)NC(=O)C(c1cc(C)ccc1C)N(CC#N)C(=O)C(Cc1ccc(O)cc1)NC(=O)OC(C)(C)C. The molecule has 9 heteroatoms. The van der Waals surface area contributed by atoms with Crippen molar-refractivity contribution in [3.8, 4) is 11.8 Å². The first-order valence-corrected chi connectivity index (χ1v) is 13.6. The first-order valence-electron chi connectivity index (χ1n) is 13.6. The van der Waals surface area contributed by atoms with Gasteiger partial charge in [-0.1, -0.05) is 49.2 Å². The van der Waals surface area contributed by atoms with Gasteiger partial charge in [-0.2, -0.15) is 5.26 Å². The van der Waals surface area contributed by atoms with Crippen LogP contribution in [-0.4, -0.2) is 52.1 Å². The molecule has 2 aromatic rings. The molecule has 0 heterocycles. The van der Waals surface area contributed by atoms with Gasteiger partial charge < -0.3 is 25.4 Å². The lowest BCUT2D eigenvalue weighted by molar-refractivity contribution is -0.142. The van der Waals surface area contributed by atoms with E-state index in [0.29, 0.717) is 11.1 Å². The zero-order chi connectivity index (χ0) is 30.0. The maximum Gasteiger partial charge on any atom is 0.408 e. The number of hydrogen-bond acceptors (Lipinski definition) is 6. The second-order valence-electron chi connectivity index (χ2n) is 11.2. The third-order valence-corrected chi connectivity index (χ3v) is 6.29. The minimum atomic E-state index is -1.15. The molecule has 0 aliphatic rings. The summed E-state index contributed by atoms with van der Waals surface area (Å²) in [6, 6.07) is 11.5. The molecule has 2 aromatic carbocycles. The van der Waals surface area contributed by atoms with Gasteiger partial charge in [-0.25, -0.2) is 4.79 Å². The fourth-order valence-corrected chi connectivity index (χ4v) is 4.42. The summed E-state index contributed by atoms with van der Waals surface area (Å²) in [6.07, 6.45) is 0.866. The Hall–Kier alpha value is -4.06. The summed E-state index contributed by atoms with van der Waals surface area (Å²) < 4.78 is 5.42. The molecule has 3 atom stereocenters. The van der Waals surface area contributed by atoms with E-state index in [9.17, 15) is 24.8 Å². The number of nitrogens with zero attached hydrogens (tertiary/aromatic N) is 2. The molecular formula is C31H42N4O5. The minimum absolute atomic E-state index is 0.0493. The number of carbonyl (C=O) groups is 3. The number of aromatic hydroxyl groups is 1. The lowest BCUT2D eigenvalue weighted by Gasteiger charge is -2.34. The van der Waals surface area contributed by atoms with Crippen LogP contribution in [0.1, 0.15) is 75.8 Å². The van der Waals surface area contributed by atoms with E-state index >= 15 is 0 Å². The van der Waals surface area contributed by atoms with Crippen LogP contribution in [0.15, 0.2) is 42.5 Å². The van der Waals surface area contributed by atoms with Gasteiger partial charge >= 0.3 is 6.09 Å². The van der Waals surface area contributed by atoms with Gasteiger partial charge in [0.2, 0.25) is 11.8 Å². The van der Waals surface area contributed by atoms with Crippen molar-refractivity contribution >= 4 is 17.9 Å². The normalized spacial score (nSPS) is 13.3. The van der Waals surface area contributed by atoms with Crippen molar-refractivity contribution in [2.45, 2.75) is 91.5 Å². The third kappa shape index (κ3) is 9.60. The third-order valence-electron chi connectivity index (χ3n) is 6.29. The Labute approximate surface area is 237 Å². The number of nitriles is 1. The van der Waals surface area contributed by atoms with E-state index in [1.807, 2.05) is 52.0 Å². The highest BCUT2D eigenvalue weighted by atomic mass is 16.6. The monoisotopic (exact) mass is 550 g/mol. The Kier molecular flexibility index (Phi) is 11.5. The number of hydrogen-bond donors (Lipinski definition) is 3. The number of alkyl carbamates (subject to hydrolysis) is 1. The second-order valence-corrected chi connectivity index (χ2v) is 11.2. The van der Waals surface area contributed by atoms with E-state index in [0.717, 1.165) is 24.0 Å². The molecule has 9 nitrogen and oxygen atoms in total. The number of aryl methyl sites for hydroxylation is 2. The van der Waals surface area contributed by atoms with Gasteiger partial charge in [0.25, 0.3) is 0 Å². The number of phenolic OH excluding ortho intramolecular Hbond substituents is 1. The van der Waals surface area contributed by atoms with Gasteiger partial charge in [0.05, 0.1) is 6.07 Å². The Morgan fingerprint density at radius 1 is 1.07 bits per heavy atom. The van der Waals surface area contributed by atoms with Crippen LogP contribution in [0.2, 0.25) is 0 Å². The van der Waals surface area contributed by atoms with Crippen LogP contribution in [0.5, 0.6) is 5.75 Å². The largest absolute Gasteiger partial charge is 0.508 e. The van der Waals surface area contributed by atoms with Crippen LogP contribution < -0.4 is 10.6 Å². The average Bonchev–Trinajstić information content (AvgIpc) is 2.85. The maximum atomic E-state index is 14.2. The van der Waals surface area contributed by atoms with Crippen LogP contribution in [0.3, 0.4) is 0 Å². The molecule has 0 radical (unpaired) electrons. The number of rotatable bonds is 11. The molecule has 0 aromatic heterocycles. The molecule has 3 N–H and O–H groups in total. The van der Waals surface area contributed by atoms with E-state index < -0.39 is 35.6 Å². The molecule has 0 aliphatic carbocycles. The second kappa shape index (κ2) is 14.4. The van der Waals surface area contributed by atoms with E-state index in [1.54, 1.807) is 32.9 Å². The number of amides is 3. The first-order chi connectivity index (χ1) is 18.7. The zero-order valence-corrected chi connectivity index (χ0v) is 24.6. The summed E-state index contributed by atoms with van der Waals surface area (Å²) in [5, 5.41) is 25.1. The van der Waals surface area contributed by atoms with Gasteiger partial charge in [-0.05, 0) is 76.8 Å². The van der Waals surface area contributed by atoms with Crippen LogP contribution in [-0.2, 0) is 20.7 Å². The topological polar surface area (TPSA) is 132 Å². The maximum absolute atomic E-state index is 14.2. The van der Waals surface area contributed by atoms with Crippen molar-refractivity contribution in [2.24, 2.45) is 0 Å². The molecule has 216 valence electrons. The fourth-order valence-electron chi connectivity index (χ4n) is 4.42. The summed E-state index contributed by atoms with van der Waals surface area (Å²) in [5.41, 5.74) is 2.15. The van der Waals surface area contributed by atoms with E-state index in [4.69, 9.17) is 4.74 Å². The lowest BCUT2D eigenvalue weighted by atomic mass is 9.95. The Balaban J connectivity index is 2.59. The van der Waals surface area contributed by atoms with E-state index in [2.05, 4.69) is 10.6 Å². The number of carbonyl (C=O) groups excluding carboxylic acids is 3. The highest BCUT2D eigenvalue weighted by Gasteiger charge is 2.37. The van der Waals surface area contributed by atoms with Crippen molar-refractivity contribution < 1.29 is 24.2 Å². The Morgan fingerprint density at radius 3 is 2.30 bits per heavy atom. The summed E-state index contributed by atoms with van der Waals surface area (Å²) in [6.45, 7) is 12.4. The van der Waals surface area contributed by atoms with E-state index in [1.165, 1.54) is 17.0 Å². The number of phenols is 1. The molecule has 0 aliphatic heterocycles. The molecular weight excluding hydrogens is 508 g/mol. The summed E-state index contributed by atoms with van der Waals surface area (Å²) in [7, 11) is 0. The number of benzene rings is 2. The zero-order valence-electron chi connectivity index (χ0n) is 24.6. The number of nitrogens with one attached hydrogen (secondary N) is 2. The van der Waals surface area contributed by atoms with Crippen LogP contribution in [0, 0.1) is 25.2 Å². The summed E-state index contributed by atoms with van der Waals surface area (Å²) in [5.74, 6) is -0.950. The minimum Gasteiger partial charge on any atom is -0.508 e. The number of ether oxygens (including phenoxy) is 1. The van der Waals surface area contributed by atoms with E-state index in [-0.39, 0.29) is 24.8 Å². The molecule has 3 unspecified atom stereocenters. The van der Waals surface area contributed by atoms with Crippen molar-refractivity contribution in [2.75, 3.05) is 6.54 Å². The summed E-state index contributed by atoms with van der Waals surface area (Å²) in [4.78, 5) is 42.0. The molecule has 0 fully saturated rings. The average molecular weight is 551 g/mol. The smallest absolute Gasteiger partial charge is 0.408 e. The van der Waals surface area contributed by atoms with Gasteiger partial charge in [0.15, 0.2) is 0 Å². The predicted octanol–water partition coefficient (Wildman–Crippen LogP) is 4.84. The summed E-state index contributed by atoms with van der Waals surface area (Å²) >= 11 is 0. The molecule has 3 amide bonds. The van der Waals surface area contributed by atoms with Gasteiger partial charge in [-0.15, -0.1) is 0 Å². The molecule has 0 bridgehead atoms. The molecule has 0 saturated carbocycles. The Morgan fingerprint density at radius 2 is 1.73 bits per heavy atom.